The monoisotopic (exact) mass is 298 g/mol. The molecule has 1 aromatic carbocycles. The number of H-pyrrole nitrogens is 1. The summed E-state index contributed by atoms with van der Waals surface area (Å²) in [6.45, 7) is 2.80. The first-order valence-electron chi connectivity index (χ1n) is 7.77. The van der Waals surface area contributed by atoms with Crippen LogP contribution in [0, 0.1) is 6.92 Å². The highest BCUT2D eigenvalue weighted by molar-refractivity contribution is 5.95. The molecule has 3 rings (SSSR count). The Morgan fingerprint density at radius 3 is 2.73 bits per heavy atom. The lowest BCUT2D eigenvalue weighted by molar-refractivity contribution is 0.0736. The first-order valence-corrected chi connectivity index (χ1v) is 7.77. The van der Waals surface area contributed by atoms with Crippen LogP contribution in [0.1, 0.15) is 34.5 Å². The SMILES string of the molecule is COc1ccc(C[C@H]2CCCN2C(=O)c2cc[nH]c2C)cc1. The van der Waals surface area contributed by atoms with Gasteiger partial charge < -0.3 is 14.6 Å². The number of methoxy groups -OCH3 is 1. The average Bonchev–Trinajstić information content (AvgIpc) is 3.16. The van der Waals surface area contributed by atoms with Crippen LogP contribution in [0.15, 0.2) is 36.5 Å². The molecular formula is C18H22N2O2. The van der Waals surface area contributed by atoms with Crippen LogP contribution >= 0.6 is 0 Å². The van der Waals surface area contributed by atoms with Gasteiger partial charge in [0.2, 0.25) is 0 Å². The van der Waals surface area contributed by atoms with Gasteiger partial charge in [0.25, 0.3) is 5.91 Å². The number of likely N-dealkylation sites (tertiary alicyclic amines) is 1. The number of amides is 1. The number of hydrogen-bond acceptors (Lipinski definition) is 2. The summed E-state index contributed by atoms with van der Waals surface area (Å²) < 4.78 is 5.19. The number of hydrogen-bond donors (Lipinski definition) is 1. The van der Waals surface area contributed by atoms with E-state index in [9.17, 15) is 4.79 Å². The molecular weight excluding hydrogens is 276 g/mol. The Kier molecular flexibility index (Phi) is 4.18. The molecule has 0 radical (unpaired) electrons. The van der Waals surface area contributed by atoms with Crippen molar-refractivity contribution < 1.29 is 9.53 Å². The topological polar surface area (TPSA) is 45.3 Å². The minimum atomic E-state index is 0.148. The van der Waals surface area contributed by atoms with Crippen molar-refractivity contribution in [1.82, 2.24) is 9.88 Å². The maximum Gasteiger partial charge on any atom is 0.255 e. The van der Waals surface area contributed by atoms with E-state index in [2.05, 4.69) is 17.1 Å². The summed E-state index contributed by atoms with van der Waals surface area (Å²) in [5, 5.41) is 0. The van der Waals surface area contributed by atoms with Crippen molar-refractivity contribution >= 4 is 5.91 Å². The van der Waals surface area contributed by atoms with E-state index in [0.717, 1.165) is 42.8 Å². The second-order valence-corrected chi connectivity index (χ2v) is 5.86. The van der Waals surface area contributed by atoms with Crippen LogP contribution in [0.3, 0.4) is 0 Å². The number of carbonyl (C=O) groups is 1. The van der Waals surface area contributed by atoms with Crippen LogP contribution < -0.4 is 4.74 Å². The third-order valence-corrected chi connectivity index (χ3v) is 4.45. The quantitative estimate of drug-likeness (QED) is 0.942. The van der Waals surface area contributed by atoms with Gasteiger partial charge in [0, 0.05) is 24.5 Å². The van der Waals surface area contributed by atoms with Gasteiger partial charge in [0.1, 0.15) is 5.75 Å². The zero-order chi connectivity index (χ0) is 15.5. The van der Waals surface area contributed by atoms with E-state index in [1.54, 1.807) is 7.11 Å². The molecule has 1 N–H and O–H groups in total. The van der Waals surface area contributed by atoms with Gasteiger partial charge >= 0.3 is 0 Å². The fourth-order valence-electron chi connectivity index (χ4n) is 3.19. The smallest absolute Gasteiger partial charge is 0.255 e. The number of benzene rings is 1. The molecule has 4 heteroatoms. The van der Waals surface area contributed by atoms with E-state index in [0.29, 0.717) is 0 Å². The zero-order valence-corrected chi connectivity index (χ0v) is 13.1. The van der Waals surface area contributed by atoms with Crippen molar-refractivity contribution in [2.24, 2.45) is 0 Å². The first kappa shape index (κ1) is 14.7. The third-order valence-electron chi connectivity index (χ3n) is 4.45. The Bertz CT molecular complexity index is 645. The second kappa shape index (κ2) is 6.26. The molecule has 0 aliphatic carbocycles. The molecule has 1 aliphatic rings. The van der Waals surface area contributed by atoms with Gasteiger partial charge in [-0.1, -0.05) is 12.1 Å². The minimum Gasteiger partial charge on any atom is -0.497 e. The lowest BCUT2D eigenvalue weighted by Gasteiger charge is -2.25. The molecule has 1 saturated heterocycles. The van der Waals surface area contributed by atoms with E-state index in [-0.39, 0.29) is 11.9 Å². The minimum absolute atomic E-state index is 0.148. The molecule has 2 aromatic rings. The van der Waals surface area contributed by atoms with Crippen molar-refractivity contribution in [2.45, 2.75) is 32.2 Å². The normalized spacial score (nSPS) is 17.7. The molecule has 4 nitrogen and oxygen atoms in total. The van der Waals surface area contributed by atoms with Crippen molar-refractivity contribution in [3.63, 3.8) is 0 Å². The zero-order valence-electron chi connectivity index (χ0n) is 13.1. The van der Waals surface area contributed by atoms with Gasteiger partial charge in [0.05, 0.1) is 12.7 Å². The Morgan fingerprint density at radius 2 is 2.09 bits per heavy atom. The molecule has 116 valence electrons. The van der Waals surface area contributed by atoms with Crippen LogP contribution in [-0.2, 0) is 6.42 Å². The van der Waals surface area contributed by atoms with E-state index in [4.69, 9.17) is 4.74 Å². The molecule has 0 bridgehead atoms. The van der Waals surface area contributed by atoms with Gasteiger partial charge in [0.15, 0.2) is 0 Å². The highest BCUT2D eigenvalue weighted by Crippen LogP contribution is 2.25. The number of nitrogens with zero attached hydrogens (tertiary/aromatic N) is 1. The summed E-state index contributed by atoms with van der Waals surface area (Å²) >= 11 is 0. The summed E-state index contributed by atoms with van der Waals surface area (Å²) in [4.78, 5) is 17.8. The van der Waals surface area contributed by atoms with Crippen LogP contribution in [0.2, 0.25) is 0 Å². The largest absolute Gasteiger partial charge is 0.497 e. The maximum atomic E-state index is 12.7. The average molecular weight is 298 g/mol. The lowest BCUT2D eigenvalue weighted by atomic mass is 10.0. The molecule has 1 aliphatic heterocycles. The highest BCUT2D eigenvalue weighted by atomic mass is 16.5. The number of carbonyl (C=O) groups excluding carboxylic acids is 1. The second-order valence-electron chi connectivity index (χ2n) is 5.86. The van der Waals surface area contributed by atoms with Gasteiger partial charge in [-0.15, -0.1) is 0 Å². The predicted octanol–water partition coefficient (Wildman–Crippen LogP) is 3.18. The number of aryl methyl sites for hydroxylation is 1. The molecule has 0 spiro atoms. The van der Waals surface area contributed by atoms with Gasteiger partial charge in [-0.2, -0.15) is 0 Å². The summed E-state index contributed by atoms with van der Waals surface area (Å²) in [5.74, 6) is 1.01. The first-order chi connectivity index (χ1) is 10.7. The lowest BCUT2D eigenvalue weighted by Crippen LogP contribution is -2.37. The number of rotatable bonds is 4. The maximum absolute atomic E-state index is 12.7. The Labute approximate surface area is 131 Å². The van der Waals surface area contributed by atoms with Crippen LogP contribution in [0.5, 0.6) is 5.75 Å². The molecule has 1 fully saturated rings. The standard InChI is InChI=1S/C18H22N2O2/c1-13-17(9-10-19-13)18(21)20-11-3-4-15(20)12-14-5-7-16(22-2)8-6-14/h5-10,15,19H,3-4,11-12H2,1-2H3/t15-/m1/s1. The van der Waals surface area contributed by atoms with E-state index in [1.165, 1.54) is 5.56 Å². The molecule has 1 aromatic heterocycles. The van der Waals surface area contributed by atoms with Gasteiger partial charge in [-0.25, -0.2) is 0 Å². The molecule has 0 saturated carbocycles. The van der Waals surface area contributed by atoms with Gasteiger partial charge in [-0.05, 0) is 49.9 Å². The Balaban J connectivity index is 1.72. The Morgan fingerprint density at radius 1 is 1.32 bits per heavy atom. The van der Waals surface area contributed by atoms with Crippen LogP contribution in [-0.4, -0.2) is 35.5 Å². The number of aromatic amines is 1. The van der Waals surface area contributed by atoms with E-state index < -0.39 is 0 Å². The predicted molar refractivity (Wildman–Crippen MR) is 86.3 cm³/mol. The molecule has 1 atom stereocenters. The fraction of sp³-hybridized carbons (Fsp3) is 0.389. The highest BCUT2D eigenvalue weighted by Gasteiger charge is 2.30. The van der Waals surface area contributed by atoms with Crippen molar-refractivity contribution in [3.8, 4) is 5.75 Å². The van der Waals surface area contributed by atoms with Crippen molar-refractivity contribution in [1.29, 1.82) is 0 Å². The van der Waals surface area contributed by atoms with Crippen LogP contribution in [0.4, 0.5) is 0 Å². The molecule has 1 amide bonds. The fourth-order valence-corrected chi connectivity index (χ4v) is 3.19. The van der Waals surface area contributed by atoms with Crippen molar-refractivity contribution in [2.75, 3.05) is 13.7 Å². The summed E-state index contributed by atoms with van der Waals surface area (Å²) in [5.41, 5.74) is 2.98. The van der Waals surface area contributed by atoms with Crippen LogP contribution in [0.25, 0.3) is 0 Å². The summed E-state index contributed by atoms with van der Waals surface area (Å²) in [6, 6.07) is 10.3. The van der Waals surface area contributed by atoms with Gasteiger partial charge in [-0.3, -0.25) is 4.79 Å². The Hall–Kier alpha value is -2.23. The molecule has 2 heterocycles. The third kappa shape index (κ3) is 2.86. The number of ether oxygens (including phenoxy) is 1. The number of nitrogens with one attached hydrogen (secondary N) is 1. The van der Waals surface area contributed by atoms with E-state index in [1.807, 2.05) is 36.2 Å². The molecule has 0 unspecified atom stereocenters. The summed E-state index contributed by atoms with van der Waals surface area (Å²) in [7, 11) is 1.67. The summed E-state index contributed by atoms with van der Waals surface area (Å²) in [6.07, 6.45) is 4.88. The van der Waals surface area contributed by atoms with Crippen molar-refractivity contribution in [3.05, 3.63) is 53.3 Å². The number of aromatic nitrogens is 1. The van der Waals surface area contributed by atoms with E-state index >= 15 is 0 Å². The molecule has 22 heavy (non-hydrogen) atoms.